The van der Waals surface area contributed by atoms with Crippen molar-refractivity contribution in [2.75, 3.05) is 0 Å². The van der Waals surface area contributed by atoms with Gasteiger partial charge in [-0.3, -0.25) is 4.79 Å². The van der Waals surface area contributed by atoms with Crippen LogP contribution >= 0.6 is 0 Å². The van der Waals surface area contributed by atoms with Crippen LogP contribution in [-0.4, -0.2) is 180 Å². The van der Waals surface area contributed by atoms with Crippen LogP contribution in [0.25, 0.3) is 0 Å². The highest BCUT2D eigenvalue weighted by Gasteiger charge is 2.54. The number of ketones is 1. The van der Waals surface area contributed by atoms with Gasteiger partial charge in [-0.1, -0.05) is 0 Å². The molecule has 0 saturated carbocycles. The Labute approximate surface area is 280 Å². The number of hydrogen-bond acceptors (Lipinski definition) is 18. The fourth-order valence-electron chi connectivity index (χ4n) is 6.26. The van der Waals surface area contributed by atoms with Crippen molar-refractivity contribution in [2.24, 2.45) is 0 Å². The van der Waals surface area contributed by atoms with Crippen molar-refractivity contribution in [3.05, 3.63) is 18.0 Å². The molecular weight excluding hydrogens is 662 g/mol. The van der Waals surface area contributed by atoms with Crippen LogP contribution in [0.1, 0.15) is 45.1 Å². The fourth-order valence-corrected chi connectivity index (χ4v) is 6.26. The number of carbonyl (C=O) groups is 1. The molecule has 5 rings (SSSR count). The molecule has 4 aliphatic heterocycles. The summed E-state index contributed by atoms with van der Waals surface area (Å²) in [5.74, 6) is -0.324. The lowest BCUT2D eigenvalue weighted by Crippen LogP contribution is -2.66. The maximum atomic E-state index is 12.1. The van der Waals surface area contributed by atoms with E-state index < -0.39 is 123 Å². The van der Waals surface area contributed by atoms with Crippen molar-refractivity contribution in [1.29, 1.82) is 0 Å². The third-order valence-corrected chi connectivity index (χ3v) is 9.33. The smallest absolute Gasteiger partial charge is 0.229 e. The van der Waals surface area contributed by atoms with Gasteiger partial charge in [0.1, 0.15) is 72.8 Å². The number of H-pyrrole nitrogens is 1. The third-order valence-electron chi connectivity index (χ3n) is 9.33. The van der Waals surface area contributed by atoms with Gasteiger partial charge >= 0.3 is 0 Å². The molecule has 10 N–H and O–H groups in total. The largest absolute Gasteiger partial charge is 0.460 e. The number of rotatable bonds is 9. The molecule has 19 nitrogen and oxygen atoms in total. The van der Waals surface area contributed by atoms with Gasteiger partial charge in [0.05, 0.1) is 24.4 Å². The quantitative estimate of drug-likeness (QED) is 0.109. The Balaban J connectivity index is 1.37. The zero-order valence-corrected chi connectivity index (χ0v) is 27.4. The zero-order valence-electron chi connectivity index (χ0n) is 27.4. The van der Waals surface area contributed by atoms with E-state index in [0.717, 1.165) is 0 Å². The molecule has 0 spiro atoms. The van der Waals surface area contributed by atoms with Gasteiger partial charge in [0, 0.05) is 13.1 Å². The van der Waals surface area contributed by atoms with Crippen molar-refractivity contribution in [1.82, 2.24) is 4.98 Å². The first kappa shape index (κ1) is 38.3. The second kappa shape index (κ2) is 15.4. The minimum Gasteiger partial charge on any atom is -0.460 e. The number of aromatic amines is 1. The summed E-state index contributed by atoms with van der Waals surface area (Å²) >= 11 is 0. The highest BCUT2D eigenvalue weighted by molar-refractivity contribution is 5.94. The predicted octanol–water partition coefficient (Wildman–Crippen LogP) is -4.02. The van der Waals surface area contributed by atoms with E-state index in [1.54, 1.807) is 0 Å². The maximum Gasteiger partial charge on any atom is 0.229 e. The Morgan fingerprint density at radius 3 is 1.53 bits per heavy atom. The van der Waals surface area contributed by atoms with Crippen LogP contribution in [-0.2, 0) is 33.2 Å². The van der Waals surface area contributed by atoms with Crippen LogP contribution in [0, 0.1) is 0 Å². The number of aromatic nitrogens is 1. The molecule has 20 atom stereocenters. The van der Waals surface area contributed by atoms with E-state index in [0.29, 0.717) is 0 Å². The first-order chi connectivity index (χ1) is 23.0. The highest BCUT2D eigenvalue weighted by atomic mass is 16.8. The van der Waals surface area contributed by atoms with Gasteiger partial charge in [-0.05, 0) is 33.8 Å². The Kier molecular flexibility index (Phi) is 12.0. The lowest BCUT2D eigenvalue weighted by Gasteiger charge is -2.49. The summed E-state index contributed by atoms with van der Waals surface area (Å²) in [6.45, 7) is 7.11. The summed E-state index contributed by atoms with van der Waals surface area (Å²) in [5, 5.41) is 95.6. The number of aliphatic hydroxyl groups excluding tert-OH is 9. The lowest BCUT2D eigenvalue weighted by atomic mass is 9.96. The number of Topliss-reactive ketones (excluding diaryl/α,β-unsaturated/α-hetero) is 1. The van der Waals surface area contributed by atoms with Crippen molar-refractivity contribution < 1.29 is 88.6 Å². The van der Waals surface area contributed by atoms with Gasteiger partial charge < -0.3 is 88.8 Å². The van der Waals surface area contributed by atoms with Crippen LogP contribution in [0.2, 0.25) is 0 Å². The Hall–Kier alpha value is -1.89. The average Bonchev–Trinajstić information content (AvgIpc) is 3.52. The van der Waals surface area contributed by atoms with Crippen LogP contribution in [0.5, 0.6) is 5.75 Å². The Bertz CT molecular complexity index is 1250. The number of carbonyl (C=O) groups excluding carboxylic acids is 1. The summed E-state index contributed by atoms with van der Waals surface area (Å²) in [6.07, 6.45) is -28.1. The predicted molar refractivity (Wildman–Crippen MR) is 157 cm³/mol. The number of aliphatic hydroxyl groups is 9. The number of ether oxygens (including phenoxy) is 8. The van der Waals surface area contributed by atoms with Gasteiger partial charge in [0.25, 0.3) is 0 Å². The molecule has 0 aliphatic carbocycles. The normalized spacial score (nSPS) is 49.4. The van der Waals surface area contributed by atoms with Crippen molar-refractivity contribution in [2.45, 2.75) is 157 Å². The Morgan fingerprint density at radius 1 is 0.551 bits per heavy atom. The van der Waals surface area contributed by atoms with E-state index >= 15 is 0 Å². The van der Waals surface area contributed by atoms with Gasteiger partial charge in [-0.15, -0.1) is 0 Å². The van der Waals surface area contributed by atoms with Crippen LogP contribution < -0.4 is 4.74 Å². The summed E-state index contributed by atoms with van der Waals surface area (Å²) in [4.78, 5) is 14.9. The molecule has 0 radical (unpaired) electrons. The van der Waals surface area contributed by atoms with E-state index in [9.17, 15) is 50.8 Å². The monoisotopic (exact) mass is 709 g/mol. The lowest BCUT2D eigenvalue weighted by molar-refractivity contribution is -0.383. The molecule has 4 fully saturated rings. The number of hydrogen-bond donors (Lipinski definition) is 10. The molecule has 4 aliphatic rings. The highest BCUT2D eigenvalue weighted by Crippen LogP contribution is 2.35. The summed E-state index contributed by atoms with van der Waals surface area (Å²) in [5.41, 5.74) is 0.0878. The van der Waals surface area contributed by atoms with E-state index in [2.05, 4.69) is 4.98 Å². The molecule has 0 bridgehead atoms. The molecule has 4 saturated heterocycles. The molecule has 20 unspecified atom stereocenters. The van der Waals surface area contributed by atoms with Crippen molar-refractivity contribution in [3.63, 3.8) is 0 Å². The van der Waals surface area contributed by atoms with Crippen LogP contribution in [0.15, 0.2) is 12.3 Å². The molecule has 1 aromatic rings. The van der Waals surface area contributed by atoms with E-state index in [-0.39, 0.29) is 17.2 Å². The Morgan fingerprint density at radius 2 is 1.00 bits per heavy atom. The first-order valence-electron chi connectivity index (χ1n) is 16.1. The molecule has 0 aromatic carbocycles. The molecule has 19 heteroatoms. The summed E-state index contributed by atoms with van der Waals surface area (Å²) < 4.78 is 46.4. The third kappa shape index (κ3) is 7.68. The van der Waals surface area contributed by atoms with Crippen molar-refractivity contribution >= 4 is 5.78 Å². The minimum absolute atomic E-state index is 0.0479. The van der Waals surface area contributed by atoms with Crippen LogP contribution in [0.3, 0.4) is 0 Å². The first-order valence-corrected chi connectivity index (χ1v) is 16.1. The van der Waals surface area contributed by atoms with Gasteiger partial charge in [0.2, 0.25) is 6.29 Å². The average molecular weight is 710 g/mol. The van der Waals surface area contributed by atoms with Crippen molar-refractivity contribution in [3.8, 4) is 5.75 Å². The summed E-state index contributed by atoms with van der Waals surface area (Å²) in [7, 11) is 0. The molecule has 1 aromatic heterocycles. The fraction of sp³-hybridized carbons (Fsp3) is 0.833. The molecule has 280 valence electrons. The molecule has 49 heavy (non-hydrogen) atoms. The van der Waals surface area contributed by atoms with Crippen LogP contribution in [0.4, 0.5) is 0 Å². The topological polar surface area (TPSA) is 289 Å². The molecular formula is C30H47NO18. The van der Waals surface area contributed by atoms with E-state index in [1.165, 1.54) is 46.9 Å². The zero-order chi connectivity index (χ0) is 36.1. The molecule has 0 amide bonds. The SMILES string of the molecule is CC(=O)c1[nH]ccc1OC1OC(C)C(OC2OC(C)C(O)C(OC3OC(C)C(O)C(O)C3O)C2O)C(O)C1OC1OC(C)C(O)C(O)C1O. The van der Waals surface area contributed by atoms with E-state index in [1.807, 2.05) is 0 Å². The van der Waals surface area contributed by atoms with Gasteiger partial charge in [-0.25, -0.2) is 0 Å². The second-order valence-electron chi connectivity index (χ2n) is 12.9. The molecule has 5 heterocycles. The minimum atomic E-state index is -1.78. The van der Waals surface area contributed by atoms with Gasteiger partial charge in [-0.2, -0.15) is 0 Å². The standard InChI is InChI=1S/C30H47NO18/c1-8(32)14-13(6-7-31-14)46-30-26(49-28-21(39)19(37)16(34)10(3)43-28)22(40)24(12(5)45-30)47-29-23(41)25(17(35)11(4)44-29)48-27-20(38)18(36)15(33)9(2)42-27/h6-7,9-12,15-31,33-41H,1-5H3. The second-order valence-corrected chi connectivity index (χ2v) is 12.9. The number of nitrogens with one attached hydrogen (secondary N) is 1. The maximum absolute atomic E-state index is 12.1. The van der Waals surface area contributed by atoms with E-state index in [4.69, 9.17) is 37.9 Å². The van der Waals surface area contributed by atoms with Gasteiger partial charge in [0.15, 0.2) is 36.5 Å². The summed E-state index contributed by atoms with van der Waals surface area (Å²) in [6, 6.07) is 1.44.